The van der Waals surface area contributed by atoms with Gasteiger partial charge in [-0.1, -0.05) is 18.2 Å². The number of para-hydroxylation sites is 1. The molecule has 0 aliphatic carbocycles. The van der Waals surface area contributed by atoms with Gasteiger partial charge in [-0.15, -0.1) is 0 Å². The molecule has 2 heteroatoms. The summed E-state index contributed by atoms with van der Waals surface area (Å²) in [6.07, 6.45) is 0.552. The van der Waals surface area contributed by atoms with Crippen molar-refractivity contribution in [3.8, 4) is 0 Å². The lowest BCUT2D eigenvalue weighted by atomic mass is 9.88. The Kier molecular flexibility index (Phi) is 1.65. The molecule has 0 aromatic heterocycles. The van der Waals surface area contributed by atoms with Crippen LogP contribution >= 0.6 is 0 Å². The maximum absolute atomic E-state index is 11.6. The van der Waals surface area contributed by atoms with E-state index in [0.717, 1.165) is 11.3 Å². The minimum absolute atomic E-state index is 0.256. The van der Waals surface area contributed by atoms with Gasteiger partial charge in [0.1, 0.15) is 0 Å². The Bertz CT molecular complexity index is 355. The number of Topliss-reactive ketones (excluding diaryl/α,β-unsaturated/α-hetero) is 1. The standard InChI is InChI=1S/C11H13NO/c1-11(2)10(13)7-8-5-3-4-6-9(8)12-11/h3-6,12H,7H2,1-2H3. The Morgan fingerprint density at radius 3 is 2.77 bits per heavy atom. The largest absolute Gasteiger partial charge is 0.373 e. The second-order valence-electron chi connectivity index (χ2n) is 4.01. The number of fused-ring (bicyclic) bond motifs is 1. The maximum atomic E-state index is 11.6. The highest BCUT2D eigenvalue weighted by Crippen LogP contribution is 2.27. The van der Waals surface area contributed by atoms with Crippen molar-refractivity contribution in [2.75, 3.05) is 5.32 Å². The summed E-state index contributed by atoms with van der Waals surface area (Å²) in [7, 11) is 0. The van der Waals surface area contributed by atoms with Gasteiger partial charge in [-0.25, -0.2) is 0 Å². The van der Waals surface area contributed by atoms with Crippen LogP contribution in [0.4, 0.5) is 5.69 Å². The van der Waals surface area contributed by atoms with Crippen LogP contribution in [0.15, 0.2) is 24.3 Å². The highest BCUT2D eigenvalue weighted by molar-refractivity contribution is 5.95. The van der Waals surface area contributed by atoms with Gasteiger partial charge in [-0.3, -0.25) is 4.79 Å². The highest BCUT2D eigenvalue weighted by Gasteiger charge is 2.31. The lowest BCUT2D eigenvalue weighted by molar-refractivity contribution is -0.122. The molecular weight excluding hydrogens is 162 g/mol. The van der Waals surface area contributed by atoms with E-state index in [1.165, 1.54) is 0 Å². The molecule has 1 aliphatic heterocycles. The van der Waals surface area contributed by atoms with E-state index in [-0.39, 0.29) is 5.78 Å². The molecule has 1 aromatic carbocycles. The first-order valence-corrected chi connectivity index (χ1v) is 4.49. The second-order valence-corrected chi connectivity index (χ2v) is 4.01. The van der Waals surface area contributed by atoms with Crippen LogP contribution in [0.1, 0.15) is 19.4 Å². The van der Waals surface area contributed by atoms with Crippen LogP contribution in [-0.4, -0.2) is 11.3 Å². The van der Waals surface area contributed by atoms with Gasteiger partial charge in [0, 0.05) is 12.1 Å². The molecule has 0 radical (unpaired) electrons. The van der Waals surface area contributed by atoms with Gasteiger partial charge in [0.2, 0.25) is 0 Å². The first-order valence-electron chi connectivity index (χ1n) is 4.49. The summed E-state index contributed by atoms with van der Waals surface area (Å²) in [4.78, 5) is 11.6. The Hall–Kier alpha value is -1.31. The number of hydrogen-bond acceptors (Lipinski definition) is 2. The number of benzene rings is 1. The number of anilines is 1. The van der Waals surface area contributed by atoms with Crippen molar-refractivity contribution >= 4 is 11.5 Å². The Labute approximate surface area is 78.0 Å². The summed E-state index contributed by atoms with van der Waals surface area (Å²) in [5.41, 5.74) is 1.79. The van der Waals surface area contributed by atoms with Crippen LogP contribution in [0.3, 0.4) is 0 Å². The maximum Gasteiger partial charge on any atom is 0.161 e. The molecule has 0 amide bonds. The minimum atomic E-state index is -0.408. The fraction of sp³-hybridized carbons (Fsp3) is 0.364. The predicted molar refractivity (Wildman–Crippen MR) is 52.9 cm³/mol. The van der Waals surface area contributed by atoms with E-state index in [9.17, 15) is 4.79 Å². The topological polar surface area (TPSA) is 29.1 Å². The number of hydrogen-bond donors (Lipinski definition) is 1. The molecule has 13 heavy (non-hydrogen) atoms. The van der Waals surface area contributed by atoms with Crippen molar-refractivity contribution in [1.29, 1.82) is 0 Å². The Morgan fingerprint density at radius 2 is 2.00 bits per heavy atom. The predicted octanol–water partition coefficient (Wildman–Crippen LogP) is 2.00. The molecule has 2 nitrogen and oxygen atoms in total. The summed E-state index contributed by atoms with van der Waals surface area (Å²) in [5.74, 6) is 0.256. The van der Waals surface area contributed by atoms with Crippen molar-refractivity contribution in [2.45, 2.75) is 25.8 Å². The van der Waals surface area contributed by atoms with Crippen LogP contribution < -0.4 is 5.32 Å². The van der Waals surface area contributed by atoms with Crippen molar-refractivity contribution in [3.63, 3.8) is 0 Å². The molecule has 0 atom stereocenters. The molecule has 0 spiro atoms. The first kappa shape index (κ1) is 8.30. The Morgan fingerprint density at radius 1 is 1.31 bits per heavy atom. The van der Waals surface area contributed by atoms with E-state index in [1.54, 1.807) is 0 Å². The zero-order chi connectivity index (χ0) is 9.47. The fourth-order valence-corrected chi connectivity index (χ4v) is 1.60. The lowest BCUT2D eigenvalue weighted by Crippen LogP contribution is -2.44. The van der Waals surface area contributed by atoms with E-state index < -0.39 is 5.54 Å². The third-order valence-electron chi connectivity index (χ3n) is 2.51. The van der Waals surface area contributed by atoms with Gasteiger partial charge in [-0.05, 0) is 25.5 Å². The van der Waals surface area contributed by atoms with E-state index in [4.69, 9.17) is 0 Å². The quantitative estimate of drug-likeness (QED) is 0.653. The molecule has 1 heterocycles. The third kappa shape index (κ3) is 1.32. The molecule has 68 valence electrons. The molecule has 1 N–H and O–H groups in total. The first-order chi connectivity index (χ1) is 6.09. The summed E-state index contributed by atoms with van der Waals surface area (Å²) in [5, 5.41) is 3.24. The zero-order valence-corrected chi connectivity index (χ0v) is 7.92. The van der Waals surface area contributed by atoms with Crippen LogP contribution in [0, 0.1) is 0 Å². The molecule has 0 saturated heterocycles. The fourth-order valence-electron chi connectivity index (χ4n) is 1.60. The SMILES string of the molecule is CC1(C)Nc2ccccc2CC1=O. The van der Waals surface area contributed by atoms with E-state index in [1.807, 2.05) is 38.1 Å². The number of rotatable bonds is 0. The lowest BCUT2D eigenvalue weighted by Gasteiger charge is -2.32. The zero-order valence-electron chi connectivity index (χ0n) is 7.92. The average Bonchev–Trinajstić information content (AvgIpc) is 2.06. The minimum Gasteiger partial charge on any atom is -0.373 e. The van der Waals surface area contributed by atoms with E-state index in [0.29, 0.717) is 6.42 Å². The van der Waals surface area contributed by atoms with Crippen LogP contribution in [0.2, 0.25) is 0 Å². The molecule has 0 saturated carbocycles. The second kappa shape index (κ2) is 2.59. The molecule has 1 aliphatic rings. The summed E-state index contributed by atoms with van der Waals surface area (Å²) in [6.45, 7) is 3.84. The number of ketones is 1. The smallest absolute Gasteiger partial charge is 0.161 e. The molecule has 2 rings (SSSR count). The van der Waals surface area contributed by atoms with Gasteiger partial charge in [0.15, 0.2) is 5.78 Å². The van der Waals surface area contributed by atoms with E-state index in [2.05, 4.69) is 5.32 Å². The van der Waals surface area contributed by atoms with Crippen LogP contribution in [-0.2, 0) is 11.2 Å². The molecular formula is C11H13NO. The number of carbonyl (C=O) groups excluding carboxylic acids is 1. The van der Waals surface area contributed by atoms with Crippen molar-refractivity contribution in [1.82, 2.24) is 0 Å². The summed E-state index contributed by atoms with van der Waals surface area (Å²) < 4.78 is 0. The Balaban J connectivity index is 2.44. The van der Waals surface area contributed by atoms with Gasteiger partial charge < -0.3 is 5.32 Å². The normalized spacial score (nSPS) is 19.1. The average molecular weight is 175 g/mol. The third-order valence-corrected chi connectivity index (χ3v) is 2.51. The molecule has 0 bridgehead atoms. The van der Waals surface area contributed by atoms with Crippen LogP contribution in [0.5, 0.6) is 0 Å². The van der Waals surface area contributed by atoms with Gasteiger partial charge in [-0.2, -0.15) is 0 Å². The molecule has 0 fully saturated rings. The van der Waals surface area contributed by atoms with Gasteiger partial charge >= 0.3 is 0 Å². The molecule has 0 unspecified atom stereocenters. The summed E-state index contributed by atoms with van der Waals surface area (Å²) in [6, 6.07) is 7.96. The van der Waals surface area contributed by atoms with Gasteiger partial charge in [0.05, 0.1) is 5.54 Å². The van der Waals surface area contributed by atoms with Crippen molar-refractivity contribution in [2.24, 2.45) is 0 Å². The highest BCUT2D eigenvalue weighted by atomic mass is 16.1. The molecule has 1 aromatic rings. The summed E-state index contributed by atoms with van der Waals surface area (Å²) >= 11 is 0. The van der Waals surface area contributed by atoms with Crippen LogP contribution in [0.25, 0.3) is 0 Å². The monoisotopic (exact) mass is 175 g/mol. The number of carbonyl (C=O) groups is 1. The van der Waals surface area contributed by atoms with Gasteiger partial charge in [0.25, 0.3) is 0 Å². The van der Waals surface area contributed by atoms with Crippen molar-refractivity contribution < 1.29 is 4.79 Å². The van der Waals surface area contributed by atoms with Crippen molar-refractivity contribution in [3.05, 3.63) is 29.8 Å². The van der Waals surface area contributed by atoms with E-state index >= 15 is 0 Å². The number of nitrogens with one attached hydrogen (secondary N) is 1.